The van der Waals surface area contributed by atoms with Gasteiger partial charge in [0.25, 0.3) is 0 Å². The molecule has 0 heterocycles. The third-order valence-electron chi connectivity index (χ3n) is 2.70. The number of hydrogen-bond donors (Lipinski definition) is 2. The highest BCUT2D eigenvalue weighted by atomic mass is 16.1. The highest BCUT2D eigenvalue weighted by Crippen LogP contribution is 2.24. The molecule has 3 heteroatoms. The highest BCUT2D eigenvalue weighted by Gasteiger charge is 2.26. The summed E-state index contributed by atoms with van der Waals surface area (Å²) in [5.74, 6) is 0.747. The zero-order valence-electron chi connectivity index (χ0n) is 8.60. The van der Waals surface area contributed by atoms with Crippen molar-refractivity contribution >= 4 is 5.91 Å². The third kappa shape index (κ3) is 3.35. The molecule has 0 aromatic rings. The van der Waals surface area contributed by atoms with Crippen LogP contribution in [0.15, 0.2) is 0 Å². The fraction of sp³-hybridized carbons (Fsp3) is 0.900. The van der Waals surface area contributed by atoms with Gasteiger partial charge in [0.2, 0.25) is 5.91 Å². The lowest BCUT2D eigenvalue weighted by atomic mass is 10.0. The lowest BCUT2D eigenvalue weighted by molar-refractivity contribution is -0.119. The van der Waals surface area contributed by atoms with Crippen molar-refractivity contribution in [2.24, 2.45) is 5.92 Å². The molecular weight excluding hydrogens is 164 g/mol. The number of carbonyl (C=O) groups excluding carboxylic acids is 1. The Labute approximate surface area is 80.3 Å². The molecule has 0 unspecified atom stereocenters. The molecular formula is C10H20N2O. The van der Waals surface area contributed by atoms with E-state index in [0.717, 1.165) is 19.5 Å². The molecule has 2 N–H and O–H groups in total. The van der Waals surface area contributed by atoms with Gasteiger partial charge in [-0.3, -0.25) is 4.79 Å². The predicted molar refractivity (Wildman–Crippen MR) is 53.5 cm³/mol. The van der Waals surface area contributed by atoms with Crippen molar-refractivity contribution in [1.29, 1.82) is 0 Å². The molecule has 0 bridgehead atoms. The molecule has 1 rings (SSSR count). The molecule has 76 valence electrons. The molecule has 0 aliphatic heterocycles. The van der Waals surface area contributed by atoms with E-state index >= 15 is 0 Å². The topological polar surface area (TPSA) is 41.1 Å². The summed E-state index contributed by atoms with van der Waals surface area (Å²) >= 11 is 0. The molecule has 2 atom stereocenters. The van der Waals surface area contributed by atoms with E-state index < -0.39 is 0 Å². The Kier molecular flexibility index (Phi) is 4.22. The molecule has 0 aromatic carbocycles. The molecule has 1 saturated carbocycles. The average molecular weight is 184 g/mol. The van der Waals surface area contributed by atoms with Crippen LogP contribution in [0.4, 0.5) is 0 Å². The van der Waals surface area contributed by atoms with Crippen molar-refractivity contribution in [2.75, 3.05) is 13.1 Å². The van der Waals surface area contributed by atoms with Crippen LogP contribution in [-0.4, -0.2) is 25.0 Å². The Morgan fingerprint density at radius 2 is 2.23 bits per heavy atom. The molecule has 1 aliphatic carbocycles. The second-order valence-corrected chi connectivity index (χ2v) is 3.81. The fourth-order valence-electron chi connectivity index (χ4n) is 2.06. The monoisotopic (exact) mass is 184 g/mol. The van der Waals surface area contributed by atoms with E-state index in [0.29, 0.717) is 12.0 Å². The maximum absolute atomic E-state index is 10.9. The Bertz CT molecular complexity index is 170. The minimum Gasteiger partial charge on any atom is -0.353 e. The second-order valence-electron chi connectivity index (χ2n) is 3.81. The van der Waals surface area contributed by atoms with Gasteiger partial charge in [-0.05, 0) is 31.8 Å². The fourth-order valence-corrected chi connectivity index (χ4v) is 2.06. The summed E-state index contributed by atoms with van der Waals surface area (Å²) in [6, 6.07) is 0.413. The SMILES string of the molecule is CCNC[C@H]1CCC[C@@H]1NC(C)=O. The second kappa shape index (κ2) is 5.22. The Morgan fingerprint density at radius 3 is 2.85 bits per heavy atom. The zero-order valence-corrected chi connectivity index (χ0v) is 8.60. The van der Waals surface area contributed by atoms with Gasteiger partial charge in [0.1, 0.15) is 0 Å². The van der Waals surface area contributed by atoms with Crippen molar-refractivity contribution in [3.05, 3.63) is 0 Å². The van der Waals surface area contributed by atoms with E-state index in [9.17, 15) is 4.79 Å². The molecule has 1 aliphatic rings. The maximum atomic E-state index is 10.9. The molecule has 0 radical (unpaired) electrons. The first kappa shape index (κ1) is 10.5. The van der Waals surface area contributed by atoms with Crippen molar-refractivity contribution in [2.45, 2.75) is 39.2 Å². The van der Waals surface area contributed by atoms with Gasteiger partial charge in [-0.25, -0.2) is 0 Å². The molecule has 0 saturated heterocycles. The first-order chi connectivity index (χ1) is 6.24. The maximum Gasteiger partial charge on any atom is 0.217 e. The number of hydrogen-bond acceptors (Lipinski definition) is 2. The van der Waals surface area contributed by atoms with Gasteiger partial charge < -0.3 is 10.6 Å². The van der Waals surface area contributed by atoms with Crippen LogP contribution in [-0.2, 0) is 4.79 Å². The van der Waals surface area contributed by atoms with Crippen LogP contribution in [0, 0.1) is 5.92 Å². The molecule has 0 aromatic heterocycles. The van der Waals surface area contributed by atoms with E-state index in [1.807, 2.05) is 0 Å². The van der Waals surface area contributed by atoms with Crippen LogP contribution < -0.4 is 10.6 Å². The van der Waals surface area contributed by atoms with Crippen LogP contribution in [0.3, 0.4) is 0 Å². The van der Waals surface area contributed by atoms with Crippen LogP contribution >= 0.6 is 0 Å². The van der Waals surface area contributed by atoms with Crippen LogP contribution in [0.2, 0.25) is 0 Å². The van der Waals surface area contributed by atoms with Crippen LogP contribution in [0.25, 0.3) is 0 Å². The van der Waals surface area contributed by atoms with Gasteiger partial charge in [0.05, 0.1) is 0 Å². The predicted octanol–water partition coefficient (Wildman–Crippen LogP) is 0.901. The lowest BCUT2D eigenvalue weighted by Gasteiger charge is -2.20. The summed E-state index contributed by atoms with van der Waals surface area (Å²) in [4.78, 5) is 10.9. The van der Waals surface area contributed by atoms with Gasteiger partial charge in [-0.2, -0.15) is 0 Å². The lowest BCUT2D eigenvalue weighted by Crippen LogP contribution is -2.39. The molecule has 3 nitrogen and oxygen atoms in total. The number of amides is 1. The number of rotatable bonds is 4. The quantitative estimate of drug-likeness (QED) is 0.681. The highest BCUT2D eigenvalue weighted by molar-refractivity contribution is 5.73. The number of nitrogens with one attached hydrogen (secondary N) is 2. The first-order valence-corrected chi connectivity index (χ1v) is 5.22. The summed E-state index contributed by atoms with van der Waals surface area (Å²) < 4.78 is 0. The largest absolute Gasteiger partial charge is 0.353 e. The summed E-state index contributed by atoms with van der Waals surface area (Å²) in [5, 5.41) is 6.36. The van der Waals surface area contributed by atoms with E-state index in [4.69, 9.17) is 0 Å². The Morgan fingerprint density at radius 1 is 1.46 bits per heavy atom. The van der Waals surface area contributed by atoms with Crippen molar-refractivity contribution in [3.8, 4) is 0 Å². The smallest absolute Gasteiger partial charge is 0.217 e. The molecule has 13 heavy (non-hydrogen) atoms. The van der Waals surface area contributed by atoms with Crippen LogP contribution in [0.1, 0.15) is 33.1 Å². The van der Waals surface area contributed by atoms with Crippen LogP contribution in [0.5, 0.6) is 0 Å². The third-order valence-corrected chi connectivity index (χ3v) is 2.70. The van der Waals surface area contributed by atoms with Gasteiger partial charge in [0, 0.05) is 13.0 Å². The normalized spacial score (nSPS) is 27.5. The van der Waals surface area contributed by atoms with Gasteiger partial charge in [-0.1, -0.05) is 13.3 Å². The first-order valence-electron chi connectivity index (χ1n) is 5.22. The Hall–Kier alpha value is -0.570. The van der Waals surface area contributed by atoms with E-state index in [1.165, 1.54) is 12.8 Å². The molecule has 1 amide bonds. The van der Waals surface area contributed by atoms with E-state index in [2.05, 4.69) is 17.6 Å². The van der Waals surface area contributed by atoms with Gasteiger partial charge in [-0.15, -0.1) is 0 Å². The number of carbonyl (C=O) groups is 1. The average Bonchev–Trinajstić information content (AvgIpc) is 2.48. The Balaban J connectivity index is 2.30. The van der Waals surface area contributed by atoms with E-state index in [1.54, 1.807) is 6.92 Å². The van der Waals surface area contributed by atoms with Gasteiger partial charge >= 0.3 is 0 Å². The van der Waals surface area contributed by atoms with Crippen molar-refractivity contribution < 1.29 is 4.79 Å². The minimum absolute atomic E-state index is 0.105. The molecule has 0 spiro atoms. The van der Waals surface area contributed by atoms with Gasteiger partial charge in [0.15, 0.2) is 0 Å². The van der Waals surface area contributed by atoms with E-state index in [-0.39, 0.29) is 5.91 Å². The standard InChI is InChI=1S/C10H20N2O/c1-3-11-7-9-5-4-6-10(9)12-8(2)13/h9-11H,3-7H2,1-2H3,(H,12,13)/t9-,10+/m1/s1. The zero-order chi connectivity index (χ0) is 9.68. The minimum atomic E-state index is 0.105. The summed E-state index contributed by atoms with van der Waals surface area (Å²) in [6.45, 7) is 5.77. The van der Waals surface area contributed by atoms with Crippen molar-refractivity contribution in [1.82, 2.24) is 10.6 Å². The summed E-state index contributed by atoms with van der Waals surface area (Å²) in [5.41, 5.74) is 0. The van der Waals surface area contributed by atoms with Crippen molar-refractivity contribution in [3.63, 3.8) is 0 Å². The summed E-state index contributed by atoms with van der Waals surface area (Å²) in [6.07, 6.45) is 3.65. The summed E-state index contributed by atoms with van der Waals surface area (Å²) in [7, 11) is 0. The molecule has 1 fully saturated rings.